The predicted octanol–water partition coefficient (Wildman–Crippen LogP) is 7.06. The highest BCUT2D eigenvalue weighted by Crippen LogP contribution is 2.21. The van der Waals surface area contributed by atoms with E-state index in [1.54, 1.807) is 4.88 Å². The number of aliphatic carboxylic acids is 1. The molecule has 2 rings (SSSR count). The lowest BCUT2D eigenvalue weighted by molar-refractivity contribution is -0.137. The van der Waals surface area contributed by atoms with E-state index in [0.717, 1.165) is 12.8 Å². The number of carboxylic acid groups (broad SMARTS) is 1. The van der Waals surface area contributed by atoms with Gasteiger partial charge in [0.25, 0.3) is 0 Å². The molecule has 148 valence electrons. The van der Waals surface area contributed by atoms with Gasteiger partial charge in [-0.15, -0.1) is 11.3 Å². The second kappa shape index (κ2) is 13.5. The van der Waals surface area contributed by atoms with Crippen molar-refractivity contribution >= 4 is 17.3 Å². The van der Waals surface area contributed by atoms with Crippen LogP contribution in [0.2, 0.25) is 0 Å². The van der Waals surface area contributed by atoms with Gasteiger partial charge in [0, 0.05) is 16.2 Å². The highest BCUT2D eigenvalue weighted by atomic mass is 32.1. The summed E-state index contributed by atoms with van der Waals surface area (Å²) in [6.45, 7) is 0. The minimum atomic E-state index is -0.664. The highest BCUT2D eigenvalue weighted by molar-refractivity contribution is 7.11. The van der Waals surface area contributed by atoms with Crippen molar-refractivity contribution in [3.63, 3.8) is 0 Å². The van der Waals surface area contributed by atoms with E-state index in [1.165, 1.54) is 74.6 Å². The molecule has 27 heavy (non-hydrogen) atoms. The fraction of sp³-hybridized carbons (Fsp3) is 0.542. The maximum Gasteiger partial charge on any atom is 0.303 e. The maximum absolute atomic E-state index is 10.4. The minimum absolute atomic E-state index is 0.328. The van der Waals surface area contributed by atoms with Crippen LogP contribution in [0.3, 0.4) is 0 Å². The molecule has 2 aromatic rings. The van der Waals surface area contributed by atoms with Crippen LogP contribution < -0.4 is 0 Å². The molecule has 0 aliphatic rings. The van der Waals surface area contributed by atoms with Gasteiger partial charge < -0.3 is 5.11 Å². The first-order valence-electron chi connectivity index (χ1n) is 10.6. The van der Waals surface area contributed by atoms with Gasteiger partial charge >= 0.3 is 5.97 Å². The minimum Gasteiger partial charge on any atom is -0.481 e. The molecule has 0 aliphatic heterocycles. The molecule has 0 amide bonds. The highest BCUT2D eigenvalue weighted by Gasteiger charge is 2.02. The maximum atomic E-state index is 10.4. The first-order valence-corrected chi connectivity index (χ1v) is 11.4. The largest absolute Gasteiger partial charge is 0.481 e. The van der Waals surface area contributed by atoms with Gasteiger partial charge in [0.1, 0.15) is 0 Å². The van der Waals surface area contributed by atoms with Crippen molar-refractivity contribution in [1.82, 2.24) is 0 Å². The summed E-state index contributed by atoms with van der Waals surface area (Å²) in [5.74, 6) is -0.664. The molecule has 0 unspecified atom stereocenters. The van der Waals surface area contributed by atoms with Crippen molar-refractivity contribution < 1.29 is 9.90 Å². The van der Waals surface area contributed by atoms with Crippen LogP contribution in [0.25, 0.3) is 0 Å². The second-order valence-electron chi connectivity index (χ2n) is 7.43. The lowest BCUT2D eigenvalue weighted by Crippen LogP contribution is -1.93. The van der Waals surface area contributed by atoms with E-state index in [4.69, 9.17) is 5.11 Å². The normalized spacial score (nSPS) is 11.0. The summed E-state index contributed by atoms with van der Waals surface area (Å²) < 4.78 is 0. The zero-order chi connectivity index (χ0) is 19.2. The Morgan fingerprint density at radius 1 is 0.667 bits per heavy atom. The Morgan fingerprint density at radius 3 is 1.85 bits per heavy atom. The Hall–Kier alpha value is -1.61. The van der Waals surface area contributed by atoms with Crippen LogP contribution in [0.1, 0.15) is 79.5 Å². The third-order valence-corrected chi connectivity index (χ3v) is 6.22. The number of hydrogen-bond acceptors (Lipinski definition) is 2. The van der Waals surface area contributed by atoms with Crippen LogP contribution in [0.4, 0.5) is 0 Å². The molecule has 1 N–H and O–H groups in total. The van der Waals surface area contributed by atoms with Crippen molar-refractivity contribution in [2.24, 2.45) is 0 Å². The van der Waals surface area contributed by atoms with Gasteiger partial charge in [0.2, 0.25) is 0 Å². The lowest BCUT2D eigenvalue weighted by atomic mass is 10.1. The fourth-order valence-corrected chi connectivity index (χ4v) is 4.54. The smallest absolute Gasteiger partial charge is 0.303 e. The number of carboxylic acids is 1. The van der Waals surface area contributed by atoms with Crippen LogP contribution in [-0.4, -0.2) is 11.1 Å². The van der Waals surface area contributed by atoms with E-state index in [2.05, 4.69) is 42.5 Å². The molecule has 0 spiro atoms. The second-order valence-corrected chi connectivity index (χ2v) is 8.68. The van der Waals surface area contributed by atoms with Crippen molar-refractivity contribution in [3.8, 4) is 0 Å². The number of thiophene rings is 1. The first kappa shape index (κ1) is 21.7. The van der Waals surface area contributed by atoms with Crippen molar-refractivity contribution in [1.29, 1.82) is 0 Å². The summed E-state index contributed by atoms with van der Waals surface area (Å²) in [5.41, 5.74) is 1.44. The van der Waals surface area contributed by atoms with Gasteiger partial charge in [-0.1, -0.05) is 68.9 Å². The molecule has 0 atom stereocenters. The summed E-state index contributed by atoms with van der Waals surface area (Å²) in [5, 5.41) is 8.60. The average Bonchev–Trinajstić information content (AvgIpc) is 3.11. The number of aryl methyl sites for hydroxylation is 3. The van der Waals surface area contributed by atoms with Crippen LogP contribution in [0.15, 0.2) is 42.5 Å². The number of rotatable bonds is 15. The molecular formula is C24H34O2S. The molecule has 0 fully saturated rings. The average molecular weight is 387 g/mol. The van der Waals surface area contributed by atoms with Crippen LogP contribution in [0.5, 0.6) is 0 Å². The van der Waals surface area contributed by atoms with Gasteiger partial charge in [-0.2, -0.15) is 0 Å². The Morgan fingerprint density at radius 2 is 1.22 bits per heavy atom. The van der Waals surface area contributed by atoms with Gasteiger partial charge in [0.05, 0.1) is 0 Å². The molecule has 2 nitrogen and oxygen atoms in total. The molecule has 1 aromatic heterocycles. The first-order chi connectivity index (χ1) is 13.2. The van der Waals surface area contributed by atoms with Crippen molar-refractivity contribution in [2.45, 2.75) is 83.5 Å². The summed E-state index contributed by atoms with van der Waals surface area (Å²) in [7, 11) is 0. The Balaban J connectivity index is 1.45. The summed E-state index contributed by atoms with van der Waals surface area (Å²) in [6.07, 6.45) is 14.7. The number of carbonyl (C=O) groups is 1. The number of hydrogen-bond donors (Lipinski definition) is 1. The quantitative estimate of drug-likeness (QED) is 0.333. The van der Waals surface area contributed by atoms with Crippen LogP contribution in [0, 0.1) is 0 Å². The Kier molecular flexibility index (Phi) is 10.9. The van der Waals surface area contributed by atoms with E-state index in [-0.39, 0.29) is 0 Å². The Bertz CT molecular complexity index is 633. The summed E-state index contributed by atoms with van der Waals surface area (Å²) >= 11 is 2.00. The molecular weight excluding hydrogens is 352 g/mol. The fourth-order valence-electron chi connectivity index (χ4n) is 3.44. The van der Waals surface area contributed by atoms with Gasteiger partial charge in [-0.25, -0.2) is 0 Å². The van der Waals surface area contributed by atoms with Gasteiger partial charge in [-0.3, -0.25) is 4.79 Å². The van der Waals surface area contributed by atoms with E-state index in [9.17, 15) is 4.79 Å². The van der Waals surface area contributed by atoms with Gasteiger partial charge in [0.15, 0.2) is 0 Å². The van der Waals surface area contributed by atoms with Crippen LogP contribution in [-0.2, 0) is 24.1 Å². The summed E-state index contributed by atoms with van der Waals surface area (Å²) in [4.78, 5) is 13.5. The van der Waals surface area contributed by atoms with Crippen molar-refractivity contribution in [2.75, 3.05) is 0 Å². The molecule has 0 radical (unpaired) electrons. The SMILES string of the molecule is O=C(O)CCCCCCCCCCc1ccc(CCCc2ccccc2)s1. The molecule has 0 saturated carbocycles. The third kappa shape index (κ3) is 10.3. The van der Waals surface area contributed by atoms with E-state index < -0.39 is 5.97 Å². The van der Waals surface area contributed by atoms with Gasteiger partial charge in [-0.05, 0) is 56.2 Å². The van der Waals surface area contributed by atoms with E-state index in [0.29, 0.717) is 6.42 Å². The topological polar surface area (TPSA) is 37.3 Å². The molecule has 1 aromatic carbocycles. The lowest BCUT2D eigenvalue weighted by Gasteiger charge is -2.02. The molecule has 3 heteroatoms. The van der Waals surface area contributed by atoms with Crippen molar-refractivity contribution in [3.05, 3.63) is 57.8 Å². The standard InChI is InChI=1S/C24H34O2S/c25-24(26)18-11-6-4-2-1-3-5-10-16-22-19-20-23(27-22)17-12-15-21-13-8-7-9-14-21/h7-9,13-14,19-20H,1-6,10-12,15-18H2,(H,25,26). The number of unbranched alkanes of at least 4 members (excludes halogenated alkanes) is 7. The molecule has 1 heterocycles. The molecule has 0 saturated heterocycles. The number of benzene rings is 1. The van der Waals surface area contributed by atoms with Crippen LogP contribution >= 0.6 is 11.3 Å². The molecule has 0 aliphatic carbocycles. The van der Waals surface area contributed by atoms with E-state index in [1.807, 2.05) is 11.3 Å². The zero-order valence-electron chi connectivity index (χ0n) is 16.5. The Labute approximate surface area is 168 Å². The van der Waals surface area contributed by atoms with E-state index >= 15 is 0 Å². The predicted molar refractivity (Wildman–Crippen MR) is 116 cm³/mol. The zero-order valence-corrected chi connectivity index (χ0v) is 17.3. The summed E-state index contributed by atoms with van der Waals surface area (Å²) in [6, 6.07) is 15.4. The molecule has 0 bridgehead atoms. The third-order valence-electron chi connectivity index (χ3n) is 5.01. The monoisotopic (exact) mass is 386 g/mol.